The molecule has 30 heavy (non-hydrogen) atoms. The molecule has 1 aliphatic heterocycles. The molecule has 1 atom stereocenters. The highest BCUT2D eigenvalue weighted by Gasteiger charge is 2.23. The molecule has 1 fully saturated rings. The lowest BCUT2D eigenvalue weighted by Crippen LogP contribution is -2.42. The highest BCUT2D eigenvalue weighted by molar-refractivity contribution is 14.0. The molecule has 3 rings (SSSR count). The summed E-state index contributed by atoms with van der Waals surface area (Å²) in [6, 6.07) is 8.73. The van der Waals surface area contributed by atoms with Crippen LogP contribution in [0, 0.1) is 13.8 Å². The van der Waals surface area contributed by atoms with E-state index < -0.39 is 0 Å². The lowest BCUT2D eigenvalue weighted by molar-refractivity contribution is 0.245. The number of aliphatic imine (C=N–C) groups is 1. The number of aromatic nitrogens is 2. The van der Waals surface area contributed by atoms with Crippen molar-refractivity contribution >= 4 is 29.9 Å². The van der Waals surface area contributed by atoms with Crippen LogP contribution >= 0.6 is 24.0 Å². The number of rotatable bonds is 7. The minimum atomic E-state index is 0. The van der Waals surface area contributed by atoms with E-state index in [0.717, 1.165) is 37.0 Å². The fourth-order valence-corrected chi connectivity index (χ4v) is 4.00. The Labute approximate surface area is 197 Å². The Morgan fingerprint density at radius 3 is 2.37 bits per heavy atom. The van der Waals surface area contributed by atoms with Crippen LogP contribution in [0.5, 0.6) is 5.75 Å². The SMILES string of the molecule is CN=C(NCc1c(C)nn(C)c1C)NCC(c1ccc(OC)cc1)N1CCCC1.I. The standard InChI is InChI=1S/C22H34N6O.HI/c1-16-20(17(2)27(4)26-16)14-24-22(23-3)25-15-21(28-12-6-7-13-28)18-8-10-19(29-5)11-9-18;/h8-11,21H,6-7,12-15H2,1-5H3,(H2,23,24,25);1H. The second-order valence-corrected chi connectivity index (χ2v) is 7.61. The van der Waals surface area contributed by atoms with Gasteiger partial charge >= 0.3 is 0 Å². The van der Waals surface area contributed by atoms with Crippen LogP contribution in [0.15, 0.2) is 29.3 Å². The molecular formula is C22H35IN6O. The van der Waals surface area contributed by atoms with Gasteiger partial charge in [-0.05, 0) is 57.5 Å². The van der Waals surface area contributed by atoms with Crippen molar-refractivity contribution in [3.8, 4) is 5.75 Å². The maximum Gasteiger partial charge on any atom is 0.191 e. The van der Waals surface area contributed by atoms with Gasteiger partial charge in [-0.15, -0.1) is 24.0 Å². The van der Waals surface area contributed by atoms with Crippen LogP contribution in [0.1, 0.15) is 41.4 Å². The lowest BCUT2D eigenvalue weighted by Gasteiger charge is -2.29. The summed E-state index contributed by atoms with van der Waals surface area (Å²) in [6.07, 6.45) is 2.53. The largest absolute Gasteiger partial charge is 0.497 e. The van der Waals surface area contributed by atoms with Gasteiger partial charge in [0.1, 0.15) is 5.75 Å². The minimum Gasteiger partial charge on any atom is -0.497 e. The summed E-state index contributed by atoms with van der Waals surface area (Å²) >= 11 is 0. The van der Waals surface area contributed by atoms with Gasteiger partial charge in [0.25, 0.3) is 0 Å². The molecule has 0 spiro atoms. The molecular weight excluding hydrogens is 491 g/mol. The Hall–Kier alpha value is -1.81. The average molecular weight is 526 g/mol. The number of nitrogens with one attached hydrogen (secondary N) is 2. The zero-order valence-electron chi connectivity index (χ0n) is 18.7. The molecule has 0 amide bonds. The normalized spacial score (nSPS) is 15.6. The topological polar surface area (TPSA) is 66.7 Å². The molecule has 1 aromatic carbocycles. The molecule has 2 heterocycles. The van der Waals surface area contributed by atoms with Gasteiger partial charge in [-0.25, -0.2) is 0 Å². The summed E-state index contributed by atoms with van der Waals surface area (Å²) in [5.41, 5.74) is 4.76. The van der Waals surface area contributed by atoms with E-state index in [-0.39, 0.29) is 24.0 Å². The van der Waals surface area contributed by atoms with Crippen molar-refractivity contribution in [2.24, 2.45) is 12.0 Å². The van der Waals surface area contributed by atoms with Gasteiger partial charge < -0.3 is 15.4 Å². The number of hydrogen-bond donors (Lipinski definition) is 2. The Morgan fingerprint density at radius 1 is 1.17 bits per heavy atom. The summed E-state index contributed by atoms with van der Waals surface area (Å²) < 4.78 is 7.25. The molecule has 1 aliphatic rings. The molecule has 1 aromatic heterocycles. The molecule has 2 aromatic rings. The quantitative estimate of drug-likeness (QED) is 0.330. The predicted molar refractivity (Wildman–Crippen MR) is 133 cm³/mol. The molecule has 0 bridgehead atoms. The van der Waals surface area contributed by atoms with Gasteiger partial charge in [0.15, 0.2) is 5.96 Å². The number of methoxy groups -OCH3 is 1. The number of aryl methyl sites for hydroxylation is 2. The Bertz CT molecular complexity index is 827. The number of halogens is 1. The van der Waals surface area contributed by atoms with Gasteiger partial charge in [-0.2, -0.15) is 5.10 Å². The number of nitrogens with zero attached hydrogens (tertiary/aromatic N) is 4. The van der Waals surface area contributed by atoms with Gasteiger partial charge in [0, 0.05) is 38.4 Å². The number of guanidine groups is 1. The smallest absolute Gasteiger partial charge is 0.191 e. The first kappa shape index (κ1) is 24.5. The number of hydrogen-bond acceptors (Lipinski definition) is 4. The van der Waals surface area contributed by atoms with Crippen molar-refractivity contribution in [2.75, 3.05) is 33.8 Å². The van der Waals surface area contributed by atoms with Crippen LogP contribution in [0.3, 0.4) is 0 Å². The molecule has 8 heteroatoms. The maximum absolute atomic E-state index is 5.32. The molecule has 2 N–H and O–H groups in total. The van der Waals surface area contributed by atoms with Crippen LogP contribution in [0.25, 0.3) is 0 Å². The molecule has 0 aliphatic carbocycles. The van der Waals surface area contributed by atoms with E-state index in [1.807, 2.05) is 37.8 Å². The number of likely N-dealkylation sites (tertiary alicyclic amines) is 1. The molecule has 1 saturated heterocycles. The predicted octanol–water partition coefficient (Wildman–Crippen LogP) is 3.17. The van der Waals surface area contributed by atoms with Gasteiger partial charge in [0.2, 0.25) is 0 Å². The summed E-state index contributed by atoms with van der Waals surface area (Å²) in [7, 11) is 5.50. The first-order valence-electron chi connectivity index (χ1n) is 10.3. The highest BCUT2D eigenvalue weighted by atomic mass is 127. The van der Waals surface area contributed by atoms with Gasteiger partial charge in [-0.3, -0.25) is 14.6 Å². The minimum absolute atomic E-state index is 0. The summed E-state index contributed by atoms with van der Waals surface area (Å²) in [5, 5.41) is 11.5. The highest BCUT2D eigenvalue weighted by Crippen LogP contribution is 2.26. The number of ether oxygens (including phenoxy) is 1. The van der Waals surface area contributed by atoms with E-state index in [0.29, 0.717) is 12.6 Å². The molecule has 0 saturated carbocycles. The van der Waals surface area contributed by atoms with E-state index in [2.05, 4.69) is 44.7 Å². The molecule has 7 nitrogen and oxygen atoms in total. The fraction of sp³-hybridized carbons (Fsp3) is 0.545. The van der Waals surface area contributed by atoms with Crippen molar-refractivity contribution in [1.82, 2.24) is 25.3 Å². The third-order valence-electron chi connectivity index (χ3n) is 5.86. The zero-order valence-corrected chi connectivity index (χ0v) is 21.1. The first-order valence-corrected chi connectivity index (χ1v) is 10.3. The van der Waals surface area contributed by atoms with E-state index in [1.165, 1.54) is 29.7 Å². The van der Waals surface area contributed by atoms with E-state index in [4.69, 9.17) is 4.74 Å². The van der Waals surface area contributed by atoms with Crippen LogP contribution in [0.4, 0.5) is 0 Å². The molecule has 0 radical (unpaired) electrons. The van der Waals surface area contributed by atoms with Crippen molar-refractivity contribution in [1.29, 1.82) is 0 Å². The third-order valence-corrected chi connectivity index (χ3v) is 5.86. The van der Waals surface area contributed by atoms with Crippen LogP contribution < -0.4 is 15.4 Å². The molecule has 166 valence electrons. The van der Waals surface area contributed by atoms with Crippen LogP contribution in [-0.4, -0.2) is 54.4 Å². The second kappa shape index (κ2) is 11.5. The van der Waals surface area contributed by atoms with Gasteiger partial charge in [0.05, 0.1) is 18.8 Å². The van der Waals surface area contributed by atoms with Crippen LogP contribution in [0.2, 0.25) is 0 Å². The summed E-state index contributed by atoms with van der Waals surface area (Å²) in [5.74, 6) is 1.70. The Kier molecular flexibility index (Phi) is 9.41. The van der Waals surface area contributed by atoms with E-state index in [1.54, 1.807) is 7.11 Å². The van der Waals surface area contributed by atoms with E-state index >= 15 is 0 Å². The third kappa shape index (κ3) is 5.87. The second-order valence-electron chi connectivity index (χ2n) is 7.61. The zero-order chi connectivity index (χ0) is 20.8. The van der Waals surface area contributed by atoms with Crippen molar-refractivity contribution in [3.05, 3.63) is 46.8 Å². The maximum atomic E-state index is 5.32. The Morgan fingerprint density at radius 2 is 1.83 bits per heavy atom. The summed E-state index contributed by atoms with van der Waals surface area (Å²) in [6.45, 7) is 7.93. The van der Waals surface area contributed by atoms with Gasteiger partial charge in [-0.1, -0.05) is 12.1 Å². The lowest BCUT2D eigenvalue weighted by atomic mass is 10.1. The number of benzene rings is 1. The monoisotopic (exact) mass is 526 g/mol. The first-order chi connectivity index (χ1) is 14.0. The summed E-state index contributed by atoms with van der Waals surface area (Å²) in [4.78, 5) is 6.97. The Balaban J connectivity index is 0.00000320. The molecule has 1 unspecified atom stereocenters. The fourth-order valence-electron chi connectivity index (χ4n) is 4.00. The van der Waals surface area contributed by atoms with Crippen molar-refractivity contribution in [3.63, 3.8) is 0 Å². The average Bonchev–Trinajstić information content (AvgIpc) is 3.34. The van der Waals surface area contributed by atoms with Crippen molar-refractivity contribution in [2.45, 2.75) is 39.3 Å². The van der Waals surface area contributed by atoms with E-state index in [9.17, 15) is 0 Å². The van der Waals surface area contributed by atoms with Crippen LogP contribution in [-0.2, 0) is 13.6 Å². The van der Waals surface area contributed by atoms with Crippen molar-refractivity contribution < 1.29 is 4.74 Å².